The number of carbonyl (C=O) groups excluding carboxylic acids is 1. The summed E-state index contributed by atoms with van der Waals surface area (Å²) in [5.41, 5.74) is 0. The van der Waals surface area contributed by atoms with E-state index in [4.69, 9.17) is 9.15 Å². The molecule has 1 saturated heterocycles. The van der Waals surface area contributed by atoms with E-state index in [9.17, 15) is 4.79 Å². The fourth-order valence-corrected chi connectivity index (χ4v) is 2.53. The summed E-state index contributed by atoms with van der Waals surface area (Å²) in [7, 11) is 1.62. The largest absolute Gasteiger partial charge is 0.425 e. The van der Waals surface area contributed by atoms with Crippen LogP contribution < -0.4 is 5.32 Å². The molecule has 2 heterocycles. The Kier molecular flexibility index (Phi) is 6.33. The van der Waals surface area contributed by atoms with Crippen LogP contribution in [0.2, 0.25) is 0 Å². The third kappa shape index (κ3) is 4.78. The molecular formula is C15H26N4O3. The topological polar surface area (TPSA) is 80.5 Å². The lowest BCUT2D eigenvalue weighted by atomic mass is 9.97. The van der Waals surface area contributed by atoms with Crippen LogP contribution in [0.1, 0.15) is 50.3 Å². The molecule has 1 aliphatic rings. The Morgan fingerprint density at radius 1 is 1.41 bits per heavy atom. The van der Waals surface area contributed by atoms with Gasteiger partial charge < -0.3 is 14.5 Å². The van der Waals surface area contributed by atoms with Gasteiger partial charge in [0.2, 0.25) is 17.7 Å². The van der Waals surface area contributed by atoms with Gasteiger partial charge in [0, 0.05) is 25.5 Å². The molecule has 0 unspecified atom stereocenters. The van der Waals surface area contributed by atoms with Crippen LogP contribution in [-0.4, -0.2) is 60.9 Å². The van der Waals surface area contributed by atoms with Crippen LogP contribution in [0.4, 0.5) is 0 Å². The first-order valence-corrected chi connectivity index (χ1v) is 7.91. The third-order valence-electron chi connectivity index (χ3n) is 3.88. The Morgan fingerprint density at radius 2 is 2.14 bits per heavy atom. The summed E-state index contributed by atoms with van der Waals surface area (Å²) in [6, 6.07) is 0. The summed E-state index contributed by atoms with van der Waals surface area (Å²) in [5, 5.41) is 11.1. The second-order valence-electron chi connectivity index (χ2n) is 6.03. The molecule has 0 spiro atoms. The maximum Gasteiger partial charge on any atom is 0.234 e. The Hall–Kier alpha value is -1.47. The van der Waals surface area contributed by atoms with Gasteiger partial charge in [-0.1, -0.05) is 13.8 Å². The number of nitrogens with zero attached hydrogens (tertiary/aromatic N) is 3. The molecule has 124 valence electrons. The monoisotopic (exact) mass is 310 g/mol. The van der Waals surface area contributed by atoms with E-state index in [0.29, 0.717) is 31.5 Å². The first-order chi connectivity index (χ1) is 10.6. The average Bonchev–Trinajstić information content (AvgIpc) is 2.98. The molecule has 0 bridgehead atoms. The van der Waals surface area contributed by atoms with Crippen LogP contribution in [0, 0.1) is 0 Å². The smallest absolute Gasteiger partial charge is 0.234 e. The molecule has 1 aromatic heterocycles. The molecule has 0 radical (unpaired) electrons. The molecule has 0 aromatic carbocycles. The van der Waals surface area contributed by atoms with Crippen LogP contribution in [0.3, 0.4) is 0 Å². The van der Waals surface area contributed by atoms with Gasteiger partial charge >= 0.3 is 0 Å². The Morgan fingerprint density at radius 3 is 2.73 bits per heavy atom. The molecule has 0 atom stereocenters. The molecule has 2 rings (SSSR count). The Balaban J connectivity index is 1.74. The summed E-state index contributed by atoms with van der Waals surface area (Å²) in [5.74, 6) is 2.07. The predicted octanol–water partition coefficient (Wildman–Crippen LogP) is 1.13. The fraction of sp³-hybridized carbons (Fsp3) is 0.800. The molecule has 7 nitrogen and oxygen atoms in total. The standard InChI is InChI=1S/C15H26N4O3/c1-11(2)14-17-18-15(22-14)12-4-7-19(8-5-12)10-13(20)16-6-9-21-3/h11-12H,4-10H2,1-3H3,(H,16,20). The van der Waals surface area contributed by atoms with Crippen LogP contribution >= 0.6 is 0 Å². The quantitative estimate of drug-likeness (QED) is 0.761. The van der Waals surface area contributed by atoms with Crippen molar-refractivity contribution in [2.24, 2.45) is 0 Å². The number of aromatic nitrogens is 2. The molecule has 22 heavy (non-hydrogen) atoms. The summed E-state index contributed by atoms with van der Waals surface area (Å²) in [4.78, 5) is 13.9. The number of hydrogen-bond acceptors (Lipinski definition) is 6. The van der Waals surface area contributed by atoms with Crippen molar-refractivity contribution >= 4 is 5.91 Å². The van der Waals surface area contributed by atoms with E-state index in [1.807, 2.05) is 13.8 Å². The van der Waals surface area contributed by atoms with Crippen LogP contribution in [0.25, 0.3) is 0 Å². The van der Waals surface area contributed by atoms with E-state index >= 15 is 0 Å². The van der Waals surface area contributed by atoms with E-state index in [2.05, 4.69) is 20.4 Å². The van der Waals surface area contributed by atoms with Crippen LogP contribution in [0.5, 0.6) is 0 Å². The lowest BCUT2D eigenvalue weighted by Crippen LogP contribution is -2.41. The van der Waals surface area contributed by atoms with Crippen molar-refractivity contribution in [3.63, 3.8) is 0 Å². The van der Waals surface area contributed by atoms with Gasteiger partial charge in [0.1, 0.15) is 0 Å². The molecule has 1 aliphatic heterocycles. The molecule has 1 aromatic rings. The van der Waals surface area contributed by atoms with Gasteiger partial charge in [-0.15, -0.1) is 10.2 Å². The van der Waals surface area contributed by atoms with Gasteiger partial charge in [0.05, 0.1) is 13.2 Å². The van der Waals surface area contributed by atoms with Crippen molar-refractivity contribution in [2.45, 2.75) is 38.5 Å². The van der Waals surface area contributed by atoms with Crippen molar-refractivity contribution in [1.82, 2.24) is 20.4 Å². The number of piperidine rings is 1. The van der Waals surface area contributed by atoms with Crippen LogP contribution in [0.15, 0.2) is 4.42 Å². The van der Waals surface area contributed by atoms with Gasteiger partial charge in [-0.25, -0.2) is 0 Å². The van der Waals surface area contributed by atoms with Gasteiger partial charge in [-0.3, -0.25) is 9.69 Å². The number of ether oxygens (including phenoxy) is 1. The lowest BCUT2D eigenvalue weighted by molar-refractivity contribution is -0.122. The van der Waals surface area contributed by atoms with Crippen molar-refractivity contribution in [2.75, 3.05) is 39.9 Å². The zero-order valence-corrected chi connectivity index (χ0v) is 13.7. The number of likely N-dealkylation sites (tertiary alicyclic amines) is 1. The minimum absolute atomic E-state index is 0.0513. The fourth-order valence-electron chi connectivity index (χ4n) is 2.53. The maximum absolute atomic E-state index is 11.8. The summed E-state index contributed by atoms with van der Waals surface area (Å²) in [6.07, 6.45) is 1.90. The van der Waals surface area contributed by atoms with Crippen molar-refractivity contribution in [1.29, 1.82) is 0 Å². The summed E-state index contributed by atoms with van der Waals surface area (Å²) < 4.78 is 10.6. The maximum atomic E-state index is 11.8. The number of rotatable bonds is 7. The highest BCUT2D eigenvalue weighted by Gasteiger charge is 2.26. The number of methoxy groups -OCH3 is 1. The van der Waals surface area contributed by atoms with Crippen molar-refractivity contribution in [3.05, 3.63) is 11.8 Å². The number of amides is 1. The number of hydrogen-bond donors (Lipinski definition) is 1. The minimum Gasteiger partial charge on any atom is -0.425 e. The van der Waals surface area contributed by atoms with Crippen molar-refractivity contribution in [3.8, 4) is 0 Å². The normalized spacial score (nSPS) is 17.1. The minimum atomic E-state index is 0.0513. The first kappa shape index (κ1) is 16.9. The molecule has 0 saturated carbocycles. The SMILES string of the molecule is COCCNC(=O)CN1CCC(c2nnc(C(C)C)o2)CC1. The Labute approximate surface area is 131 Å². The molecular weight excluding hydrogens is 284 g/mol. The van der Waals surface area contributed by atoms with Crippen molar-refractivity contribution < 1.29 is 13.9 Å². The van der Waals surface area contributed by atoms with Crippen LogP contribution in [-0.2, 0) is 9.53 Å². The summed E-state index contributed by atoms with van der Waals surface area (Å²) in [6.45, 7) is 7.39. The van der Waals surface area contributed by atoms with E-state index in [1.165, 1.54) is 0 Å². The first-order valence-electron chi connectivity index (χ1n) is 7.91. The molecule has 1 amide bonds. The lowest BCUT2D eigenvalue weighted by Gasteiger charge is -2.29. The molecule has 1 fully saturated rings. The highest BCUT2D eigenvalue weighted by molar-refractivity contribution is 5.77. The highest BCUT2D eigenvalue weighted by atomic mass is 16.5. The van der Waals surface area contributed by atoms with Gasteiger partial charge in [-0.05, 0) is 25.9 Å². The van der Waals surface area contributed by atoms with Gasteiger partial charge in [0.15, 0.2) is 0 Å². The van der Waals surface area contributed by atoms with E-state index in [-0.39, 0.29) is 11.8 Å². The number of nitrogens with one attached hydrogen (secondary N) is 1. The molecule has 7 heteroatoms. The second-order valence-corrected chi connectivity index (χ2v) is 6.03. The Bertz CT molecular complexity index is 467. The zero-order chi connectivity index (χ0) is 15.9. The van der Waals surface area contributed by atoms with E-state index in [0.717, 1.165) is 31.8 Å². The van der Waals surface area contributed by atoms with Gasteiger partial charge in [-0.2, -0.15) is 0 Å². The highest BCUT2D eigenvalue weighted by Crippen LogP contribution is 2.28. The van der Waals surface area contributed by atoms with Gasteiger partial charge in [0.25, 0.3) is 0 Å². The number of carbonyl (C=O) groups is 1. The molecule has 1 N–H and O–H groups in total. The third-order valence-corrected chi connectivity index (χ3v) is 3.88. The summed E-state index contributed by atoms with van der Waals surface area (Å²) >= 11 is 0. The van der Waals surface area contributed by atoms with E-state index in [1.54, 1.807) is 7.11 Å². The molecule has 0 aliphatic carbocycles. The second kappa shape index (κ2) is 8.24. The predicted molar refractivity (Wildman–Crippen MR) is 81.7 cm³/mol. The average molecular weight is 310 g/mol. The zero-order valence-electron chi connectivity index (χ0n) is 13.7. The van der Waals surface area contributed by atoms with E-state index < -0.39 is 0 Å².